The van der Waals surface area contributed by atoms with Crippen LogP contribution in [0.4, 0.5) is 11.4 Å². The van der Waals surface area contributed by atoms with Crippen molar-refractivity contribution in [1.82, 2.24) is 0 Å². The summed E-state index contributed by atoms with van der Waals surface area (Å²) in [4.78, 5) is 21.9. The lowest BCUT2D eigenvalue weighted by Gasteiger charge is -2.09. The second-order valence-corrected chi connectivity index (χ2v) is 5.20. The molecular formula is C17H18N2O4. The molecule has 1 amide bonds. The Bertz CT molecular complexity index is 711. The number of nitrogens with one attached hydrogen (secondary N) is 1. The molecule has 0 radical (unpaired) electrons. The number of aryl methyl sites for hydroxylation is 2. The van der Waals surface area contributed by atoms with Crippen LogP contribution in [0.15, 0.2) is 42.5 Å². The lowest BCUT2D eigenvalue weighted by atomic mass is 10.1. The molecule has 2 rings (SSSR count). The van der Waals surface area contributed by atoms with Gasteiger partial charge in [0, 0.05) is 17.8 Å². The largest absolute Gasteiger partial charge is 0.493 e. The molecule has 6 heteroatoms. The highest BCUT2D eigenvalue weighted by atomic mass is 16.6. The SMILES string of the molecule is Cc1ccc(NC(=O)CCOc2ccc([N+](=O)[O-])cc2)cc1C. The summed E-state index contributed by atoms with van der Waals surface area (Å²) in [5.41, 5.74) is 3.05. The Morgan fingerprint density at radius 3 is 2.43 bits per heavy atom. The number of ether oxygens (including phenoxy) is 1. The first kappa shape index (κ1) is 16.5. The van der Waals surface area contributed by atoms with Gasteiger partial charge in [0.2, 0.25) is 5.91 Å². The fourth-order valence-corrected chi connectivity index (χ4v) is 1.97. The Kier molecular flexibility index (Phi) is 5.30. The first-order valence-electron chi connectivity index (χ1n) is 7.20. The van der Waals surface area contributed by atoms with Gasteiger partial charge in [-0.05, 0) is 49.2 Å². The average molecular weight is 314 g/mol. The van der Waals surface area contributed by atoms with Crippen LogP contribution >= 0.6 is 0 Å². The van der Waals surface area contributed by atoms with E-state index in [2.05, 4.69) is 5.32 Å². The number of benzene rings is 2. The molecule has 0 heterocycles. The van der Waals surface area contributed by atoms with Crippen molar-refractivity contribution >= 4 is 17.3 Å². The standard InChI is InChI=1S/C17H18N2O4/c1-12-3-4-14(11-13(12)2)18-17(20)9-10-23-16-7-5-15(6-8-16)19(21)22/h3-8,11H,9-10H2,1-2H3,(H,18,20). The molecule has 0 atom stereocenters. The fourth-order valence-electron chi connectivity index (χ4n) is 1.97. The van der Waals surface area contributed by atoms with E-state index in [9.17, 15) is 14.9 Å². The molecule has 2 aromatic rings. The second kappa shape index (κ2) is 7.40. The minimum Gasteiger partial charge on any atom is -0.493 e. The van der Waals surface area contributed by atoms with Crippen LogP contribution in [0.25, 0.3) is 0 Å². The molecule has 2 aromatic carbocycles. The van der Waals surface area contributed by atoms with Crippen molar-refractivity contribution in [2.75, 3.05) is 11.9 Å². The zero-order valence-electron chi connectivity index (χ0n) is 13.0. The van der Waals surface area contributed by atoms with Gasteiger partial charge in [0.1, 0.15) is 5.75 Å². The summed E-state index contributed by atoms with van der Waals surface area (Å²) in [5, 5.41) is 13.4. The number of nitro benzene ring substituents is 1. The van der Waals surface area contributed by atoms with E-state index in [-0.39, 0.29) is 24.6 Å². The third-order valence-electron chi connectivity index (χ3n) is 3.44. The molecule has 6 nitrogen and oxygen atoms in total. The Labute approximate surface area is 134 Å². The number of non-ortho nitro benzene ring substituents is 1. The quantitative estimate of drug-likeness (QED) is 0.652. The third-order valence-corrected chi connectivity index (χ3v) is 3.44. The molecule has 0 aliphatic carbocycles. The number of nitro groups is 1. The van der Waals surface area contributed by atoms with Gasteiger partial charge in [-0.2, -0.15) is 0 Å². The van der Waals surface area contributed by atoms with Gasteiger partial charge in [-0.1, -0.05) is 6.07 Å². The van der Waals surface area contributed by atoms with Crippen molar-refractivity contribution in [3.05, 3.63) is 63.7 Å². The van der Waals surface area contributed by atoms with Crippen molar-refractivity contribution in [2.45, 2.75) is 20.3 Å². The Hall–Kier alpha value is -2.89. The maximum absolute atomic E-state index is 11.9. The maximum Gasteiger partial charge on any atom is 0.269 e. The zero-order valence-corrected chi connectivity index (χ0v) is 13.0. The molecule has 0 saturated heterocycles. The molecule has 0 spiro atoms. The van der Waals surface area contributed by atoms with Gasteiger partial charge >= 0.3 is 0 Å². The van der Waals surface area contributed by atoms with E-state index < -0.39 is 4.92 Å². The summed E-state index contributed by atoms with van der Waals surface area (Å²) in [6, 6.07) is 11.5. The van der Waals surface area contributed by atoms with Crippen LogP contribution in [0.2, 0.25) is 0 Å². The summed E-state index contributed by atoms with van der Waals surface area (Å²) < 4.78 is 5.41. The predicted molar refractivity (Wildman–Crippen MR) is 87.8 cm³/mol. The zero-order chi connectivity index (χ0) is 16.8. The molecule has 0 saturated carbocycles. The summed E-state index contributed by atoms with van der Waals surface area (Å²) in [6.07, 6.45) is 0.198. The molecule has 0 aliphatic heterocycles. The normalized spacial score (nSPS) is 10.2. The molecule has 1 N–H and O–H groups in total. The van der Waals surface area contributed by atoms with Crippen LogP contribution < -0.4 is 10.1 Å². The first-order chi connectivity index (χ1) is 11.0. The van der Waals surface area contributed by atoms with E-state index in [0.29, 0.717) is 5.75 Å². The molecule has 0 unspecified atom stereocenters. The number of hydrogen-bond acceptors (Lipinski definition) is 4. The molecule has 0 aromatic heterocycles. The van der Waals surface area contributed by atoms with Crippen molar-refractivity contribution in [3.8, 4) is 5.75 Å². The van der Waals surface area contributed by atoms with E-state index in [0.717, 1.165) is 11.3 Å². The predicted octanol–water partition coefficient (Wildman–Crippen LogP) is 3.62. The number of nitrogens with zero attached hydrogens (tertiary/aromatic N) is 1. The maximum atomic E-state index is 11.9. The van der Waals surface area contributed by atoms with E-state index in [4.69, 9.17) is 4.74 Å². The summed E-state index contributed by atoms with van der Waals surface area (Å²) in [7, 11) is 0. The van der Waals surface area contributed by atoms with Gasteiger partial charge in [-0.25, -0.2) is 0 Å². The Morgan fingerprint density at radius 2 is 1.83 bits per heavy atom. The minimum atomic E-state index is -0.471. The number of amides is 1. The second-order valence-electron chi connectivity index (χ2n) is 5.20. The highest BCUT2D eigenvalue weighted by Gasteiger charge is 2.06. The van der Waals surface area contributed by atoms with E-state index >= 15 is 0 Å². The van der Waals surface area contributed by atoms with Crippen LogP contribution in [0, 0.1) is 24.0 Å². The fraction of sp³-hybridized carbons (Fsp3) is 0.235. The third kappa shape index (κ3) is 4.81. The monoisotopic (exact) mass is 314 g/mol. The van der Waals surface area contributed by atoms with Crippen LogP contribution in [-0.4, -0.2) is 17.4 Å². The van der Waals surface area contributed by atoms with E-state index in [1.165, 1.54) is 29.8 Å². The molecular weight excluding hydrogens is 296 g/mol. The Balaban J connectivity index is 1.80. The highest BCUT2D eigenvalue weighted by molar-refractivity contribution is 5.90. The lowest BCUT2D eigenvalue weighted by Crippen LogP contribution is -2.15. The smallest absolute Gasteiger partial charge is 0.269 e. The van der Waals surface area contributed by atoms with Crippen LogP contribution in [-0.2, 0) is 4.79 Å². The van der Waals surface area contributed by atoms with Gasteiger partial charge in [-0.3, -0.25) is 14.9 Å². The minimum absolute atomic E-state index is 0.00448. The van der Waals surface area contributed by atoms with Crippen LogP contribution in [0.5, 0.6) is 5.75 Å². The van der Waals surface area contributed by atoms with E-state index in [1.54, 1.807) is 0 Å². The summed E-state index contributed by atoms with van der Waals surface area (Å²) >= 11 is 0. The Morgan fingerprint density at radius 1 is 1.13 bits per heavy atom. The molecule has 0 fully saturated rings. The van der Waals surface area contributed by atoms with Gasteiger partial charge in [0.15, 0.2) is 0 Å². The van der Waals surface area contributed by atoms with Gasteiger partial charge in [0.25, 0.3) is 5.69 Å². The highest BCUT2D eigenvalue weighted by Crippen LogP contribution is 2.18. The molecule has 0 bridgehead atoms. The molecule has 23 heavy (non-hydrogen) atoms. The summed E-state index contributed by atoms with van der Waals surface area (Å²) in [5.74, 6) is 0.352. The lowest BCUT2D eigenvalue weighted by molar-refractivity contribution is -0.384. The van der Waals surface area contributed by atoms with Crippen molar-refractivity contribution < 1.29 is 14.5 Å². The van der Waals surface area contributed by atoms with Crippen molar-refractivity contribution in [1.29, 1.82) is 0 Å². The number of anilines is 1. The van der Waals surface area contributed by atoms with Gasteiger partial charge in [-0.15, -0.1) is 0 Å². The van der Waals surface area contributed by atoms with Crippen molar-refractivity contribution in [3.63, 3.8) is 0 Å². The topological polar surface area (TPSA) is 81.5 Å². The van der Waals surface area contributed by atoms with Crippen LogP contribution in [0.3, 0.4) is 0 Å². The van der Waals surface area contributed by atoms with Gasteiger partial charge in [0.05, 0.1) is 18.0 Å². The molecule has 120 valence electrons. The van der Waals surface area contributed by atoms with Crippen LogP contribution in [0.1, 0.15) is 17.5 Å². The number of hydrogen-bond donors (Lipinski definition) is 1. The number of carbonyl (C=O) groups excluding carboxylic acids is 1. The number of carbonyl (C=O) groups is 1. The molecule has 0 aliphatic rings. The number of rotatable bonds is 6. The first-order valence-corrected chi connectivity index (χ1v) is 7.20. The van der Waals surface area contributed by atoms with E-state index in [1.807, 2.05) is 32.0 Å². The van der Waals surface area contributed by atoms with Crippen molar-refractivity contribution in [2.24, 2.45) is 0 Å². The van der Waals surface area contributed by atoms with Gasteiger partial charge < -0.3 is 10.1 Å². The summed E-state index contributed by atoms with van der Waals surface area (Å²) in [6.45, 7) is 4.20. The average Bonchev–Trinajstić information content (AvgIpc) is 2.51.